The van der Waals surface area contributed by atoms with Crippen molar-refractivity contribution in [1.82, 2.24) is 15.5 Å². The zero-order valence-electron chi connectivity index (χ0n) is 13.7. The fourth-order valence-corrected chi connectivity index (χ4v) is 3.35. The Morgan fingerprint density at radius 1 is 1.30 bits per heavy atom. The molecule has 0 aliphatic carbocycles. The van der Waals surface area contributed by atoms with Gasteiger partial charge in [-0.05, 0) is 24.9 Å². The highest BCUT2D eigenvalue weighted by atomic mass is 16.5. The van der Waals surface area contributed by atoms with Crippen LogP contribution in [0.5, 0.6) is 0 Å². The van der Waals surface area contributed by atoms with Crippen LogP contribution >= 0.6 is 0 Å². The Balaban J connectivity index is 1.60. The highest BCUT2D eigenvalue weighted by Gasteiger charge is 2.25. The molecule has 0 radical (unpaired) electrons. The van der Waals surface area contributed by atoms with Crippen molar-refractivity contribution in [3.05, 3.63) is 35.9 Å². The molecule has 2 aliphatic rings. The lowest BCUT2D eigenvalue weighted by atomic mass is 10.0. The summed E-state index contributed by atoms with van der Waals surface area (Å²) in [4.78, 5) is 14.9. The Labute approximate surface area is 138 Å². The van der Waals surface area contributed by atoms with Crippen LogP contribution in [0.3, 0.4) is 0 Å². The van der Waals surface area contributed by atoms with Gasteiger partial charge in [-0.1, -0.05) is 30.3 Å². The summed E-state index contributed by atoms with van der Waals surface area (Å²) in [6.45, 7) is 6.13. The van der Waals surface area contributed by atoms with Crippen LogP contribution in [0.15, 0.2) is 30.3 Å². The van der Waals surface area contributed by atoms with Gasteiger partial charge in [0.05, 0.1) is 19.1 Å². The minimum Gasteiger partial charge on any atom is -0.379 e. The molecule has 2 fully saturated rings. The Bertz CT molecular complexity index is 482. The average Bonchev–Trinajstić information content (AvgIpc) is 3.11. The van der Waals surface area contributed by atoms with Gasteiger partial charge in [-0.25, -0.2) is 0 Å². The molecule has 2 aliphatic heterocycles. The van der Waals surface area contributed by atoms with Gasteiger partial charge in [-0.2, -0.15) is 0 Å². The summed E-state index contributed by atoms with van der Waals surface area (Å²) in [5.41, 5.74) is 1.27. The van der Waals surface area contributed by atoms with Crippen LogP contribution in [-0.2, 0) is 16.0 Å². The minimum absolute atomic E-state index is 0.123. The van der Waals surface area contributed by atoms with E-state index in [0.717, 1.165) is 58.8 Å². The van der Waals surface area contributed by atoms with E-state index in [1.807, 2.05) is 6.07 Å². The molecular formula is C18H27N3O2. The van der Waals surface area contributed by atoms with Crippen molar-refractivity contribution in [2.45, 2.75) is 18.9 Å². The third-order valence-electron chi connectivity index (χ3n) is 4.68. The van der Waals surface area contributed by atoms with E-state index >= 15 is 0 Å². The normalized spacial score (nSPS) is 23.6. The Morgan fingerprint density at radius 3 is 2.78 bits per heavy atom. The molecule has 2 N–H and O–H groups in total. The summed E-state index contributed by atoms with van der Waals surface area (Å²) in [5.74, 6) is 0.321. The fourth-order valence-electron chi connectivity index (χ4n) is 3.35. The van der Waals surface area contributed by atoms with Crippen LogP contribution in [-0.4, -0.2) is 62.8 Å². The largest absolute Gasteiger partial charge is 0.379 e. The van der Waals surface area contributed by atoms with E-state index in [9.17, 15) is 4.79 Å². The molecule has 5 nitrogen and oxygen atoms in total. The van der Waals surface area contributed by atoms with Crippen LogP contribution < -0.4 is 10.6 Å². The first-order valence-corrected chi connectivity index (χ1v) is 8.66. The molecular weight excluding hydrogens is 290 g/mol. The molecule has 0 bridgehead atoms. The van der Waals surface area contributed by atoms with Crippen LogP contribution in [0.2, 0.25) is 0 Å². The number of amides is 1. The molecule has 2 heterocycles. The predicted octanol–water partition coefficient (Wildman–Crippen LogP) is 0.656. The van der Waals surface area contributed by atoms with Gasteiger partial charge in [-0.15, -0.1) is 0 Å². The van der Waals surface area contributed by atoms with Crippen molar-refractivity contribution in [1.29, 1.82) is 0 Å². The third kappa shape index (κ3) is 5.03. The summed E-state index contributed by atoms with van der Waals surface area (Å²) >= 11 is 0. The molecule has 2 saturated heterocycles. The van der Waals surface area contributed by atoms with Gasteiger partial charge in [0.15, 0.2) is 0 Å². The summed E-state index contributed by atoms with van der Waals surface area (Å²) < 4.78 is 5.42. The molecule has 0 saturated carbocycles. The maximum atomic E-state index is 12.5. The first-order chi connectivity index (χ1) is 11.3. The number of carbonyl (C=O) groups is 1. The fraction of sp³-hybridized carbons (Fsp3) is 0.611. The second-order valence-corrected chi connectivity index (χ2v) is 6.50. The summed E-state index contributed by atoms with van der Waals surface area (Å²) in [5, 5.41) is 6.56. The number of benzene rings is 1. The first kappa shape index (κ1) is 16.4. The Kier molecular flexibility index (Phi) is 6.02. The van der Waals surface area contributed by atoms with E-state index in [-0.39, 0.29) is 17.9 Å². The molecule has 1 aromatic carbocycles. The van der Waals surface area contributed by atoms with Gasteiger partial charge in [0.2, 0.25) is 5.91 Å². The Hall–Kier alpha value is -1.43. The molecule has 1 aromatic rings. The smallest absolute Gasteiger partial charge is 0.224 e. The molecule has 5 heteroatoms. The van der Waals surface area contributed by atoms with E-state index in [4.69, 9.17) is 4.74 Å². The number of nitrogens with zero attached hydrogens (tertiary/aromatic N) is 1. The molecule has 1 amide bonds. The monoisotopic (exact) mass is 317 g/mol. The SMILES string of the molecule is O=C(NC(Cc1ccccc1)CN1CCOCC1)C1CCNC1. The van der Waals surface area contributed by atoms with Crippen molar-refractivity contribution in [3.8, 4) is 0 Å². The number of nitrogens with one attached hydrogen (secondary N) is 2. The van der Waals surface area contributed by atoms with Gasteiger partial charge in [-0.3, -0.25) is 9.69 Å². The molecule has 23 heavy (non-hydrogen) atoms. The van der Waals surface area contributed by atoms with Crippen LogP contribution in [0.1, 0.15) is 12.0 Å². The topological polar surface area (TPSA) is 53.6 Å². The molecule has 3 rings (SSSR count). The highest BCUT2D eigenvalue weighted by molar-refractivity contribution is 5.79. The standard InChI is InChI=1S/C18H27N3O2/c22-18(16-6-7-19-13-16)20-17(12-15-4-2-1-3-5-15)14-21-8-10-23-11-9-21/h1-5,16-17,19H,6-14H2,(H,20,22). The highest BCUT2D eigenvalue weighted by Crippen LogP contribution is 2.11. The number of rotatable bonds is 6. The molecule has 0 aromatic heterocycles. The van der Waals surface area contributed by atoms with Gasteiger partial charge in [0.25, 0.3) is 0 Å². The predicted molar refractivity (Wildman–Crippen MR) is 90.3 cm³/mol. The zero-order chi connectivity index (χ0) is 15.9. The lowest BCUT2D eigenvalue weighted by Gasteiger charge is -2.31. The maximum absolute atomic E-state index is 12.5. The summed E-state index contributed by atoms with van der Waals surface area (Å²) in [6, 6.07) is 10.6. The number of hydrogen-bond donors (Lipinski definition) is 2. The summed E-state index contributed by atoms with van der Waals surface area (Å²) in [6.07, 6.45) is 1.82. The zero-order valence-corrected chi connectivity index (χ0v) is 13.7. The quantitative estimate of drug-likeness (QED) is 0.809. The van der Waals surface area contributed by atoms with Crippen molar-refractivity contribution in [3.63, 3.8) is 0 Å². The molecule has 2 unspecified atom stereocenters. The van der Waals surface area contributed by atoms with Crippen molar-refractivity contribution < 1.29 is 9.53 Å². The molecule has 2 atom stereocenters. The summed E-state index contributed by atoms with van der Waals surface area (Å²) in [7, 11) is 0. The minimum atomic E-state index is 0.123. The van der Waals surface area contributed by atoms with Crippen molar-refractivity contribution in [2.75, 3.05) is 45.9 Å². The lowest BCUT2D eigenvalue weighted by molar-refractivity contribution is -0.125. The second kappa shape index (κ2) is 8.43. The average molecular weight is 317 g/mol. The van der Waals surface area contributed by atoms with Gasteiger partial charge in [0.1, 0.15) is 0 Å². The first-order valence-electron chi connectivity index (χ1n) is 8.66. The third-order valence-corrected chi connectivity index (χ3v) is 4.68. The van der Waals surface area contributed by atoms with E-state index in [1.165, 1.54) is 5.56 Å². The van der Waals surface area contributed by atoms with Crippen LogP contribution in [0, 0.1) is 5.92 Å². The Morgan fingerprint density at radius 2 is 2.09 bits per heavy atom. The van der Waals surface area contributed by atoms with E-state index in [1.54, 1.807) is 0 Å². The van der Waals surface area contributed by atoms with Crippen molar-refractivity contribution in [2.24, 2.45) is 5.92 Å². The van der Waals surface area contributed by atoms with Crippen LogP contribution in [0.25, 0.3) is 0 Å². The molecule has 126 valence electrons. The lowest BCUT2D eigenvalue weighted by Crippen LogP contribution is -2.49. The second-order valence-electron chi connectivity index (χ2n) is 6.50. The van der Waals surface area contributed by atoms with Crippen LogP contribution in [0.4, 0.5) is 0 Å². The maximum Gasteiger partial charge on any atom is 0.224 e. The van der Waals surface area contributed by atoms with Gasteiger partial charge >= 0.3 is 0 Å². The molecule has 0 spiro atoms. The number of morpholine rings is 1. The van der Waals surface area contributed by atoms with E-state index in [0.29, 0.717) is 0 Å². The van der Waals surface area contributed by atoms with E-state index < -0.39 is 0 Å². The van der Waals surface area contributed by atoms with Gasteiger partial charge < -0.3 is 15.4 Å². The number of ether oxygens (including phenoxy) is 1. The number of carbonyl (C=O) groups excluding carboxylic acids is 1. The number of hydrogen-bond acceptors (Lipinski definition) is 4. The van der Waals surface area contributed by atoms with E-state index in [2.05, 4.69) is 39.8 Å². The van der Waals surface area contributed by atoms with Gasteiger partial charge in [0, 0.05) is 32.2 Å². The van der Waals surface area contributed by atoms with Crippen molar-refractivity contribution >= 4 is 5.91 Å².